The predicted molar refractivity (Wildman–Crippen MR) is 112 cm³/mol. The van der Waals surface area contributed by atoms with Gasteiger partial charge in [-0.25, -0.2) is 13.4 Å². The normalized spacial score (nSPS) is 14.8. The maximum absolute atomic E-state index is 12.7. The lowest BCUT2D eigenvalue weighted by atomic mass is 10.2. The van der Waals surface area contributed by atoms with Crippen molar-refractivity contribution in [2.24, 2.45) is 0 Å². The molecule has 1 fully saturated rings. The molecule has 10 heteroatoms. The minimum atomic E-state index is -3.75. The van der Waals surface area contributed by atoms with Gasteiger partial charge in [0.05, 0.1) is 0 Å². The Hall–Kier alpha value is -3.24. The summed E-state index contributed by atoms with van der Waals surface area (Å²) in [7, 11) is -3.75. The van der Waals surface area contributed by atoms with E-state index in [4.69, 9.17) is 9.15 Å². The van der Waals surface area contributed by atoms with Gasteiger partial charge in [-0.05, 0) is 54.8 Å². The first-order valence-electron chi connectivity index (χ1n) is 9.92. The molecule has 9 nitrogen and oxygen atoms in total. The molecular weight excluding hydrogens is 420 g/mol. The van der Waals surface area contributed by atoms with E-state index >= 15 is 0 Å². The summed E-state index contributed by atoms with van der Waals surface area (Å²) >= 11 is 0. The summed E-state index contributed by atoms with van der Waals surface area (Å²) in [6.07, 6.45) is 7.48. The average molecular weight is 442 g/mol. The van der Waals surface area contributed by atoms with Crippen LogP contribution in [-0.2, 0) is 16.6 Å². The number of anilines is 1. The number of sulfonamides is 1. The molecule has 3 aromatic rings. The van der Waals surface area contributed by atoms with Gasteiger partial charge in [0, 0.05) is 31.7 Å². The first-order valence-corrected chi connectivity index (χ1v) is 11.4. The third-order valence-corrected chi connectivity index (χ3v) is 6.63. The van der Waals surface area contributed by atoms with Crippen molar-refractivity contribution in [2.45, 2.75) is 31.0 Å². The first-order chi connectivity index (χ1) is 15.0. The van der Waals surface area contributed by atoms with Crippen LogP contribution in [0, 0.1) is 0 Å². The lowest BCUT2D eigenvalue weighted by Crippen LogP contribution is -2.35. The number of hydrogen-bond acceptors (Lipinski definition) is 7. The van der Waals surface area contributed by atoms with Crippen LogP contribution in [0.2, 0.25) is 0 Å². The Kier molecular flexibility index (Phi) is 6.28. The first kappa shape index (κ1) is 21.0. The average Bonchev–Trinajstić information content (AvgIpc) is 3.31. The Morgan fingerprint density at radius 2 is 1.84 bits per heavy atom. The SMILES string of the molecule is O=C(Nc1ncccc1OCc1ccncc1)c1ccc(S(=O)(=O)N2CCCCC2)o1. The molecule has 0 unspecified atom stereocenters. The molecule has 0 aliphatic carbocycles. The van der Waals surface area contributed by atoms with Crippen LogP contribution in [0.5, 0.6) is 5.75 Å². The summed E-state index contributed by atoms with van der Waals surface area (Å²) in [5.74, 6) is -0.160. The van der Waals surface area contributed by atoms with Crippen molar-refractivity contribution in [3.63, 3.8) is 0 Å². The number of nitrogens with zero attached hydrogens (tertiary/aromatic N) is 3. The molecule has 162 valence electrons. The Labute approximate surface area is 180 Å². The zero-order valence-electron chi connectivity index (χ0n) is 16.7. The summed E-state index contributed by atoms with van der Waals surface area (Å²) in [4.78, 5) is 20.7. The van der Waals surface area contributed by atoms with Crippen LogP contribution in [0.15, 0.2) is 64.5 Å². The van der Waals surface area contributed by atoms with Gasteiger partial charge in [-0.3, -0.25) is 9.78 Å². The van der Waals surface area contributed by atoms with Crippen molar-refractivity contribution in [1.29, 1.82) is 0 Å². The van der Waals surface area contributed by atoms with E-state index in [1.165, 1.54) is 22.6 Å². The topological polar surface area (TPSA) is 115 Å². The van der Waals surface area contributed by atoms with Gasteiger partial charge < -0.3 is 14.5 Å². The van der Waals surface area contributed by atoms with Gasteiger partial charge in [0.1, 0.15) is 6.61 Å². The largest absolute Gasteiger partial charge is 0.485 e. The molecule has 0 spiro atoms. The molecule has 1 aliphatic rings. The number of aromatic nitrogens is 2. The number of carbonyl (C=O) groups excluding carboxylic acids is 1. The second-order valence-corrected chi connectivity index (χ2v) is 8.90. The van der Waals surface area contributed by atoms with Gasteiger partial charge in [0.15, 0.2) is 17.3 Å². The van der Waals surface area contributed by atoms with E-state index in [0.29, 0.717) is 18.8 Å². The highest BCUT2D eigenvalue weighted by Gasteiger charge is 2.29. The minimum Gasteiger partial charge on any atom is -0.485 e. The lowest BCUT2D eigenvalue weighted by Gasteiger charge is -2.24. The number of ether oxygens (including phenoxy) is 1. The third kappa shape index (κ3) is 4.92. The summed E-state index contributed by atoms with van der Waals surface area (Å²) in [6.45, 7) is 1.18. The standard InChI is InChI=1S/C21H22N4O5S/c26-21(18-6-7-19(30-18)31(27,28)25-13-2-1-3-14-25)24-20-17(5-4-10-23-20)29-15-16-8-11-22-12-9-16/h4-12H,1-3,13-15H2,(H,23,24,26). The molecule has 0 bridgehead atoms. The number of furan rings is 1. The number of rotatable bonds is 7. The fourth-order valence-electron chi connectivity index (χ4n) is 3.22. The van der Waals surface area contributed by atoms with Crippen LogP contribution < -0.4 is 10.1 Å². The number of nitrogens with one attached hydrogen (secondary N) is 1. The number of amides is 1. The fraction of sp³-hybridized carbons (Fsp3) is 0.286. The molecule has 1 saturated heterocycles. The van der Waals surface area contributed by atoms with Gasteiger partial charge in [0.2, 0.25) is 5.09 Å². The monoisotopic (exact) mass is 442 g/mol. The smallest absolute Gasteiger partial charge is 0.292 e. The van der Waals surface area contributed by atoms with Crippen LogP contribution in [0.1, 0.15) is 35.4 Å². The minimum absolute atomic E-state index is 0.124. The second-order valence-electron chi connectivity index (χ2n) is 7.03. The van der Waals surface area contributed by atoms with Gasteiger partial charge >= 0.3 is 0 Å². The fourth-order valence-corrected chi connectivity index (χ4v) is 4.65. The molecule has 4 rings (SSSR count). The summed E-state index contributed by atoms with van der Waals surface area (Å²) in [6, 6.07) is 9.65. The summed E-state index contributed by atoms with van der Waals surface area (Å²) in [5.41, 5.74) is 0.912. The second kappa shape index (κ2) is 9.27. The Morgan fingerprint density at radius 1 is 1.06 bits per heavy atom. The maximum atomic E-state index is 12.7. The molecule has 31 heavy (non-hydrogen) atoms. The van der Waals surface area contributed by atoms with E-state index < -0.39 is 15.9 Å². The van der Waals surface area contributed by atoms with Crippen molar-refractivity contribution in [3.05, 3.63) is 66.3 Å². The number of hydrogen-bond donors (Lipinski definition) is 1. The molecule has 0 saturated carbocycles. The van der Waals surface area contributed by atoms with Crippen LogP contribution in [0.3, 0.4) is 0 Å². The van der Waals surface area contributed by atoms with Crippen molar-refractivity contribution >= 4 is 21.7 Å². The third-order valence-electron chi connectivity index (χ3n) is 4.86. The predicted octanol–water partition coefficient (Wildman–Crippen LogP) is 3.08. The zero-order valence-corrected chi connectivity index (χ0v) is 17.5. The van der Waals surface area contributed by atoms with Crippen molar-refractivity contribution in [3.8, 4) is 5.75 Å². The summed E-state index contributed by atoms with van der Waals surface area (Å²) in [5, 5.41) is 2.38. The highest BCUT2D eigenvalue weighted by molar-refractivity contribution is 7.89. The molecule has 0 atom stereocenters. The van der Waals surface area contributed by atoms with E-state index in [1.54, 1.807) is 24.5 Å². The Bertz CT molecular complexity index is 1140. The van der Waals surface area contributed by atoms with Crippen LogP contribution in [0.4, 0.5) is 5.82 Å². The zero-order chi connectivity index (χ0) is 21.7. The van der Waals surface area contributed by atoms with E-state index in [-0.39, 0.29) is 23.3 Å². The molecule has 1 aliphatic heterocycles. The van der Waals surface area contributed by atoms with Crippen molar-refractivity contribution < 1.29 is 22.4 Å². The lowest BCUT2D eigenvalue weighted by molar-refractivity contribution is 0.0990. The molecule has 3 aromatic heterocycles. The number of pyridine rings is 2. The quantitative estimate of drug-likeness (QED) is 0.598. The van der Waals surface area contributed by atoms with Crippen molar-refractivity contribution in [2.75, 3.05) is 18.4 Å². The number of piperidine rings is 1. The van der Waals surface area contributed by atoms with Gasteiger partial charge in [-0.1, -0.05) is 6.42 Å². The van der Waals surface area contributed by atoms with E-state index in [9.17, 15) is 13.2 Å². The van der Waals surface area contributed by atoms with Crippen LogP contribution in [0.25, 0.3) is 0 Å². The molecule has 1 N–H and O–H groups in total. The Balaban J connectivity index is 1.46. The molecule has 1 amide bonds. The van der Waals surface area contributed by atoms with Gasteiger partial charge in [0.25, 0.3) is 15.9 Å². The highest BCUT2D eigenvalue weighted by Crippen LogP contribution is 2.25. The van der Waals surface area contributed by atoms with Crippen LogP contribution >= 0.6 is 0 Å². The highest BCUT2D eigenvalue weighted by atomic mass is 32.2. The van der Waals surface area contributed by atoms with Crippen LogP contribution in [-0.4, -0.2) is 41.7 Å². The maximum Gasteiger partial charge on any atom is 0.292 e. The summed E-state index contributed by atoms with van der Waals surface area (Å²) < 4.78 is 38.0. The van der Waals surface area contributed by atoms with E-state index in [0.717, 1.165) is 24.8 Å². The molecular formula is C21H22N4O5S. The Morgan fingerprint density at radius 3 is 2.61 bits per heavy atom. The van der Waals surface area contributed by atoms with Gasteiger partial charge in [-0.2, -0.15) is 4.31 Å². The number of carbonyl (C=O) groups is 1. The molecule has 0 aromatic carbocycles. The molecule has 0 radical (unpaired) electrons. The van der Waals surface area contributed by atoms with Crippen molar-refractivity contribution in [1.82, 2.24) is 14.3 Å². The van der Waals surface area contributed by atoms with Gasteiger partial charge in [-0.15, -0.1) is 0 Å². The van der Waals surface area contributed by atoms with E-state index in [2.05, 4.69) is 15.3 Å². The molecule has 4 heterocycles. The van der Waals surface area contributed by atoms with E-state index in [1.807, 2.05) is 12.1 Å².